The number of benzene rings is 1. The van der Waals surface area contributed by atoms with E-state index in [1.807, 2.05) is 0 Å². The molecular formula is C11H15ClN2O2S. The van der Waals surface area contributed by atoms with E-state index in [1.54, 1.807) is 12.1 Å². The van der Waals surface area contributed by atoms with Crippen molar-refractivity contribution in [2.75, 3.05) is 13.1 Å². The lowest BCUT2D eigenvalue weighted by Gasteiger charge is -2.29. The zero-order chi connectivity index (χ0) is 12.5. The van der Waals surface area contributed by atoms with E-state index in [9.17, 15) is 8.42 Å². The number of nitrogens with zero attached hydrogens (tertiary/aromatic N) is 1. The van der Waals surface area contributed by atoms with Gasteiger partial charge >= 0.3 is 0 Å². The fourth-order valence-corrected chi connectivity index (χ4v) is 3.47. The third-order valence-electron chi connectivity index (χ3n) is 2.95. The van der Waals surface area contributed by atoms with Crippen molar-refractivity contribution in [2.24, 2.45) is 5.73 Å². The molecule has 0 unspecified atom stereocenters. The van der Waals surface area contributed by atoms with Crippen molar-refractivity contribution in [3.8, 4) is 0 Å². The first-order valence-electron chi connectivity index (χ1n) is 5.51. The van der Waals surface area contributed by atoms with Crippen LogP contribution in [-0.4, -0.2) is 31.9 Å². The summed E-state index contributed by atoms with van der Waals surface area (Å²) in [7, 11) is -3.38. The average molecular weight is 275 g/mol. The molecule has 1 saturated heterocycles. The number of hydrogen-bond acceptors (Lipinski definition) is 3. The summed E-state index contributed by atoms with van der Waals surface area (Å²) in [6.45, 7) is 0.984. The van der Waals surface area contributed by atoms with Crippen LogP contribution in [0.25, 0.3) is 0 Å². The molecular weight excluding hydrogens is 260 g/mol. The van der Waals surface area contributed by atoms with Crippen molar-refractivity contribution < 1.29 is 8.42 Å². The smallest absolute Gasteiger partial charge is 0.243 e. The highest BCUT2D eigenvalue weighted by Gasteiger charge is 2.27. The Balaban J connectivity index is 2.21. The fraction of sp³-hybridized carbons (Fsp3) is 0.455. The van der Waals surface area contributed by atoms with E-state index in [1.165, 1.54) is 16.4 Å². The van der Waals surface area contributed by atoms with Crippen LogP contribution in [0.5, 0.6) is 0 Å². The average Bonchev–Trinajstić information content (AvgIpc) is 2.30. The molecule has 1 aliphatic heterocycles. The number of rotatable bonds is 2. The van der Waals surface area contributed by atoms with E-state index in [2.05, 4.69) is 0 Å². The quantitative estimate of drug-likeness (QED) is 0.888. The molecule has 0 saturated carbocycles. The van der Waals surface area contributed by atoms with Crippen LogP contribution in [0.2, 0.25) is 5.02 Å². The molecule has 0 bridgehead atoms. The van der Waals surface area contributed by atoms with Gasteiger partial charge in [0.1, 0.15) is 0 Å². The normalized spacial score (nSPS) is 19.4. The molecule has 2 N–H and O–H groups in total. The summed E-state index contributed by atoms with van der Waals surface area (Å²) in [6.07, 6.45) is 1.43. The predicted molar refractivity (Wildman–Crippen MR) is 67.4 cm³/mol. The highest BCUT2D eigenvalue weighted by atomic mass is 35.5. The van der Waals surface area contributed by atoms with Crippen LogP contribution >= 0.6 is 11.6 Å². The number of halogens is 1. The summed E-state index contributed by atoms with van der Waals surface area (Å²) in [4.78, 5) is 0.289. The van der Waals surface area contributed by atoms with E-state index in [4.69, 9.17) is 17.3 Å². The van der Waals surface area contributed by atoms with Crippen molar-refractivity contribution in [1.29, 1.82) is 0 Å². The maximum Gasteiger partial charge on any atom is 0.243 e. The Morgan fingerprint density at radius 2 is 1.71 bits per heavy atom. The van der Waals surface area contributed by atoms with Crippen molar-refractivity contribution in [1.82, 2.24) is 4.31 Å². The molecule has 1 heterocycles. The van der Waals surface area contributed by atoms with Crippen LogP contribution in [-0.2, 0) is 10.0 Å². The number of sulfonamides is 1. The minimum atomic E-state index is -3.38. The number of hydrogen-bond donors (Lipinski definition) is 1. The van der Waals surface area contributed by atoms with Crippen LogP contribution in [0, 0.1) is 0 Å². The first-order valence-corrected chi connectivity index (χ1v) is 7.33. The molecule has 1 fully saturated rings. The molecule has 17 heavy (non-hydrogen) atoms. The van der Waals surface area contributed by atoms with Gasteiger partial charge in [0, 0.05) is 24.2 Å². The van der Waals surface area contributed by atoms with Gasteiger partial charge in [0.25, 0.3) is 0 Å². The van der Waals surface area contributed by atoms with E-state index in [-0.39, 0.29) is 10.9 Å². The zero-order valence-corrected chi connectivity index (χ0v) is 10.9. The zero-order valence-electron chi connectivity index (χ0n) is 9.34. The van der Waals surface area contributed by atoms with Gasteiger partial charge in [-0.2, -0.15) is 4.31 Å². The second-order valence-corrected chi connectivity index (χ2v) is 6.57. The van der Waals surface area contributed by atoms with Crippen molar-refractivity contribution in [3.63, 3.8) is 0 Å². The Labute approximate surface area is 106 Å². The van der Waals surface area contributed by atoms with E-state index < -0.39 is 10.0 Å². The van der Waals surface area contributed by atoms with Crippen LogP contribution in [0.4, 0.5) is 0 Å². The van der Waals surface area contributed by atoms with E-state index >= 15 is 0 Å². The van der Waals surface area contributed by atoms with Crippen molar-refractivity contribution >= 4 is 21.6 Å². The monoisotopic (exact) mass is 274 g/mol. The second-order valence-electron chi connectivity index (χ2n) is 4.20. The standard InChI is InChI=1S/C11H15ClN2O2S/c12-9-1-3-11(4-2-9)17(15,16)14-7-5-10(13)6-8-14/h1-4,10H,5-8,13H2. The summed E-state index contributed by atoms with van der Waals surface area (Å²) < 4.78 is 26.0. The van der Waals surface area contributed by atoms with Gasteiger partial charge in [-0.3, -0.25) is 0 Å². The van der Waals surface area contributed by atoms with Crippen LogP contribution in [0.1, 0.15) is 12.8 Å². The van der Waals surface area contributed by atoms with E-state index in [0.29, 0.717) is 31.0 Å². The van der Waals surface area contributed by atoms with Crippen molar-refractivity contribution in [2.45, 2.75) is 23.8 Å². The third kappa shape index (κ3) is 2.80. The van der Waals surface area contributed by atoms with Crippen LogP contribution in [0.15, 0.2) is 29.2 Å². The predicted octanol–water partition coefficient (Wildman–Crippen LogP) is 1.45. The molecule has 0 aromatic heterocycles. The molecule has 1 aromatic carbocycles. The van der Waals surface area contributed by atoms with Gasteiger partial charge in [0.05, 0.1) is 4.90 Å². The van der Waals surface area contributed by atoms with Crippen LogP contribution in [0.3, 0.4) is 0 Å². The Morgan fingerprint density at radius 1 is 1.18 bits per heavy atom. The lowest BCUT2D eigenvalue weighted by atomic mass is 10.1. The Hall–Kier alpha value is -0.620. The molecule has 0 aliphatic carbocycles. The molecule has 2 rings (SSSR count). The molecule has 0 atom stereocenters. The summed E-state index contributed by atoms with van der Waals surface area (Å²) in [6, 6.07) is 6.36. The maximum atomic E-state index is 12.2. The third-order valence-corrected chi connectivity index (χ3v) is 5.11. The highest BCUT2D eigenvalue weighted by Crippen LogP contribution is 2.21. The molecule has 1 aliphatic rings. The molecule has 4 nitrogen and oxygen atoms in total. The highest BCUT2D eigenvalue weighted by molar-refractivity contribution is 7.89. The minimum Gasteiger partial charge on any atom is -0.328 e. The van der Waals surface area contributed by atoms with Gasteiger partial charge in [-0.1, -0.05) is 11.6 Å². The SMILES string of the molecule is NC1CCN(S(=O)(=O)c2ccc(Cl)cc2)CC1. The lowest BCUT2D eigenvalue weighted by molar-refractivity contribution is 0.320. The largest absolute Gasteiger partial charge is 0.328 e. The van der Waals surface area contributed by atoms with Gasteiger partial charge in [0.2, 0.25) is 10.0 Å². The lowest BCUT2D eigenvalue weighted by Crippen LogP contribution is -2.42. The van der Waals surface area contributed by atoms with Crippen molar-refractivity contribution in [3.05, 3.63) is 29.3 Å². The first-order chi connectivity index (χ1) is 8.00. The topological polar surface area (TPSA) is 63.4 Å². The molecule has 0 radical (unpaired) electrons. The second kappa shape index (κ2) is 4.94. The van der Waals surface area contributed by atoms with Gasteiger partial charge < -0.3 is 5.73 Å². The summed E-state index contributed by atoms with van der Waals surface area (Å²) in [5.74, 6) is 0. The Bertz CT molecular complexity index is 479. The number of piperidine rings is 1. The Morgan fingerprint density at radius 3 is 2.24 bits per heavy atom. The molecule has 1 aromatic rings. The summed E-state index contributed by atoms with van der Waals surface area (Å²) in [5, 5.41) is 0.532. The first kappa shape index (κ1) is 12.8. The molecule has 0 spiro atoms. The summed E-state index contributed by atoms with van der Waals surface area (Å²) >= 11 is 5.74. The van der Waals surface area contributed by atoms with E-state index in [0.717, 1.165) is 0 Å². The molecule has 0 amide bonds. The maximum absolute atomic E-state index is 12.2. The van der Waals surface area contributed by atoms with Gasteiger partial charge in [-0.15, -0.1) is 0 Å². The fourth-order valence-electron chi connectivity index (χ4n) is 1.87. The number of nitrogens with two attached hydrogens (primary N) is 1. The minimum absolute atomic E-state index is 0.117. The molecule has 6 heteroatoms. The van der Waals surface area contributed by atoms with Gasteiger partial charge in [0.15, 0.2) is 0 Å². The van der Waals surface area contributed by atoms with Crippen LogP contribution < -0.4 is 5.73 Å². The molecule has 94 valence electrons. The summed E-state index contributed by atoms with van der Waals surface area (Å²) in [5.41, 5.74) is 5.76. The van der Waals surface area contributed by atoms with Gasteiger partial charge in [-0.25, -0.2) is 8.42 Å². The van der Waals surface area contributed by atoms with Gasteiger partial charge in [-0.05, 0) is 37.1 Å². The Kier molecular flexibility index (Phi) is 3.73.